The van der Waals surface area contributed by atoms with Gasteiger partial charge < -0.3 is 14.8 Å². The van der Waals surface area contributed by atoms with Gasteiger partial charge in [0.15, 0.2) is 6.07 Å². The van der Waals surface area contributed by atoms with Crippen LogP contribution in [0.25, 0.3) is 0 Å². The molecular formula is C13H24ClNO4. The van der Waals surface area contributed by atoms with Crippen molar-refractivity contribution in [3.8, 4) is 0 Å². The maximum atomic E-state index is 11.3. The minimum Gasteiger partial charge on any atom is -0.449 e. The summed E-state index contributed by atoms with van der Waals surface area (Å²) in [6.07, 6.45) is 2.35. The van der Waals surface area contributed by atoms with Crippen molar-refractivity contribution in [1.82, 2.24) is 5.32 Å². The van der Waals surface area contributed by atoms with E-state index in [0.29, 0.717) is 19.6 Å². The highest BCUT2D eigenvalue weighted by Crippen LogP contribution is 2.12. The first-order chi connectivity index (χ1) is 8.85. The molecule has 1 N–H and O–H groups in total. The zero-order chi connectivity index (χ0) is 14.7. The molecule has 1 amide bonds. The van der Waals surface area contributed by atoms with Crippen LogP contribution in [-0.2, 0) is 14.3 Å². The van der Waals surface area contributed by atoms with E-state index in [1.54, 1.807) is 0 Å². The molecule has 0 aliphatic rings. The van der Waals surface area contributed by atoms with Crippen LogP contribution in [0.3, 0.4) is 0 Å². The minimum absolute atomic E-state index is 0.0277. The maximum absolute atomic E-state index is 11.3. The molecule has 19 heavy (non-hydrogen) atoms. The lowest BCUT2D eigenvalue weighted by Crippen LogP contribution is -2.28. The lowest BCUT2D eigenvalue weighted by Gasteiger charge is -2.17. The number of amides is 1. The van der Waals surface area contributed by atoms with Crippen molar-refractivity contribution in [3.63, 3.8) is 0 Å². The number of alkyl halides is 1. The van der Waals surface area contributed by atoms with E-state index in [9.17, 15) is 9.59 Å². The second-order valence-electron chi connectivity index (χ2n) is 5.50. The summed E-state index contributed by atoms with van der Waals surface area (Å²) in [5.41, 5.74) is -0.0277. The summed E-state index contributed by atoms with van der Waals surface area (Å²) in [4.78, 5) is 22.3. The van der Waals surface area contributed by atoms with E-state index < -0.39 is 6.09 Å². The van der Waals surface area contributed by atoms with Crippen LogP contribution >= 0.6 is 11.6 Å². The van der Waals surface area contributed by atoms with Crippen molar-refractivity contribution in [2.45, 2.75) is 46.5 Å². The number of esters is 1. The van der Waals surface area contributed by atoms with Gasteiger partial charge in [-0.3, -0.25) is 4.79 Å². The molecule has 0 aliphatic carbocycles. The Bertz CT molecular complexity index is 276. The molecule has 0 aromatic rings. The third-order valence-corrected chi connectivity index (χ3v) is 2.29. The number of unbranched alkanes of at least 4 members (excludes halogenated alkanes) is 2. The van der Waals surface area contributed by atoms with Gasteiger partial charge in [-0.15, -0.1) is 0 Å². The normalized spacial score (nSPS) is 10.9. The fourth-order valence-corrected chi connectivity index (χ4v) is 1.35. The number of hydrogen-bond donors (Lipinski definition) is 1. The van der Waals surface area contributed by atoms with Crippen LogP contribution in [0.2, 0.25) is 0 Å². The Labute approximate surface area is 120 Å². The van der Waals surface area contributed by atoms with Crippen molar-refractivity contribution in [2.24, 2.45) is 5.41 Å². The molecule has 0 fully saturated rings. The molecule has 0 saturated carbocycles. The molecule has 0 aromatic carbocycles. The number of hydrogen-bond acceptors (Lipinski definition) is 4. The van der Waals surface area contributed by atoms with E-state index in [1.807, 2.05) is 20.8 Å². The van der Waals surface area contributed by atoms with Crippen molar-refractivity contribution >= 4 is 23.7 Å². The Morgan fingerprint density at radius 2 is 1.79 bits per heavy atom. The first kappa shape index (κ1) is 18.0. The second-order valence-corrected chi connectivity index (χ2v) is 5.72. The largest absolute Gasteiger partial charge is 0.449 e. The molecule has 0 unspecified atom stereocenters. The number of rotatable bonds is 8. The molecule has 0 rings (SSSR count). The number of nitrogens with one attached hydrogen (secondary N) is 1. The first-order valence-electron chi connectivity index (χ1n) is 6.47. The van der Waals surface area contributed by atoms with Crippen molar-refractivity contribution in [1.29, 1.82) is 0 Å². The van der Waals surface area contributed by atoms with Crippen molar-refractivity contribution in [3.05, 3.63) is 0 Å². The third-order valence-electron chi connectivity index (χ3n) is 2.18. The van der Waals surface area contributed by atoms with Gasteiger partial charge in [0.25, 0.3) is 0 Å². The van der Waals surface area contributed by atoms with Gasteiger partial charge >= 0.3 is 12.1 Å². The minimum atomic E-state index is -0.392. The van der Waals surface area contributed by atoms with Gasteiger partial charge in [0, 0.05) is 13.0 Å². The number of carbonyl (C=O) groups is 2. The van der Waals surface area contributed by atoms with Gasteiger partial charge in [0.2, 0.25) is 0 Å². The van der Waals surface area contributed by atoms with Crippen LogP contribution in [0, 0.1) is 5.41 Å². The lowest BCUT2D eigenvalue weighted by molar-refractivity contribution is -0.141. The summed E-state index contributed by atoms with van der Waals surface area (Å²) < 4.78 is 9.63. The fourth-order valence-electron chi connectivity index (χ4n) is 1.23. The zero-order valence-electron chi connectivity index (χ0n) is 12.0. The van der Waals surface area contributed by atoms with Crippen LogP contribution in [0.5, 0.6) is 0 Å². The highest BCUT2D eigenvalue weighted by atomic mass is 35.5. The van der Waals surface area contributed by atoms with Gasteiger partial charge in [-0.2, -0.15) is 0 Å². The van der Waals surface area contributed by atoms with Crippen molar-refractivity contribution < 1.29 is 19.1 Å². The van der Waals surface area contributed by atoms with Crippen LogP contribution in [-0.4, -0.2) is 31.3 Å². The fraction of sp³-hybridized carbons (Fsp3) is 0.846. The maximum Gasteiger partial charge on any atom is 0.407 e. The summed E-state index contributed by atoms with van der Waals surface area (Å²) in [5, 5.41) is 2.67. The Morgan fingerprint density at radius 3 is 2.37 bits per heavy atom. The molecule has 0 heterocycles. The predicted octanol–water partition coefficient (Wildman–Crippen LogP) is 3.06. The van der Waals surface area contributed by atoms with Gasteiger partial charge in [-0.25, -0.2) is 4.79 Å². The van der Waals surface area contributed by atoms with Crippen molar-refractivity contribution in [2.75, 3.05) is 19.2 Å². The molecule has 112 valence electrons. The molecule has 0 radical (unpaired) electrons. The van der Waals surface area contributed by atoms with E-state index in [0.717, 1.165) is 19.3 Å². The third kappa shape index (κ3) is 13.3. The summed E-state index contributed by atoms with van der Waals surface area (Å²) >= 11 is 5.25. The first-order valence-corrected chi connectivity index (χ1v) is 7.01. The van der Waals surface area contributed by atoms with Crippen LogP contribution < -0.4 is 5.32 Å². The Kier molecular flexibility index (Phi) is 9.39. The Hall–Kier alpha value is -0.970. The molecule has 0 spiro atoms. The summed E-state index contributed by atoms with van der Waals surface area (Å²) in [5.74, 6) is -0.285. The highest BCUT2D eigenvalue weighted by Gasteiger charge is 2.13. The number of halogens is 1. The predicted molar refractivity (Wildman–Crippen MR) is 74.1 cm³/mol. The average Bonchev–Trinajstić information content (AvgIpc) is 2.30. The quantitative estimate of drug-likeness (QED) is 0.424. The highest BCUT2D eigenvalue weighted by molar-refractivity contribution is 6.17. The van der Waals surface area contributed by atoms with Crippen LogP contribution in [0.1, 0.15) is 46.5 Å². The van der Waals surface area contributed by atoms with Crippen LogP contribution in [0.4, 0.5) is 4.79 Å². The lowest BCUT2D eigenvalue weighted by atomic mass is 9.99. The Balaban J connectivity index is 3.39. The summed E-state index contributed by atoms with van der Waals surface area (Å²) in [6.45, 7) is 6.94. The standard InChI is InChI=1S/C13H24ClNO4/c1-13(2,3)9-18-12(17)15-8-6-4-5-7-11(16)19-10-14/h4-10H2,1-3H3,(H,15,17). The van der Waals surface area contributed by atoms with E-state index in [2.05, 4.69) is 10.1 Å². The number of ether oxygens (including phenoxy) is 2. The van der Waals surface area contributed by atoms with Gasteiger partial charge in [0.05, 0.1) is 6.61 Å². The molecule has 0 aromatic heterocycles. The van der Waals surface area contributed by atoms with E-state index >= 15 is 0 Å². The number of alkyl carbamates (subject to hydrolysis) is 1. The molecule has 5 nitrogen and oxygen atoms in total. The molecule has 6 heteroatoms. The SMILES string of the molecule is CC(C)(C)COC(=O)NCCCCCC(=O)OCCl. The summed E-state index contributed by atoms with van der Waals surface area (Å²) in [7, 11) is 0. The Morgan fingerprint density at radius 1 is 1.11 bits per heavy atom. The van der Waals surface area contributed by atoms with Gasteiger partial charge in [0.1, 0.15) is 0 Å². The molecule has 0 aliphatic heterocycles. The van der Waals surface area contributed by atoms with Gasteiger partial charge in [-0.1, -0.05) is 38.8 Å². The monoisotopic (exact) mass is 293 g/mol. The van der Waals surface area contributed by atoms with Crippen LogP contribution in [0.15, 0.2) is 0 Å². The molecule has 0 saturated heterocycles. The van der Waals surface area contributed by atoms with E-state index in [-0.39, 0.29) is 17.5 Å². The molecule has 0 bridgehead atoms. The second kappa shape index (κ2) is 9.89. The van der Waals surface area contributed by atoms with Gasteiger partial charge in [-0.05, 0) is 18.3 Å². The average molecular weight is 294 g/mol. The molecular weight excluding hydrogens is 270 g/mol. The number of carbonyl (C=O) groups excluding carboxylic acids is 2. The van der Waals surface area contributed by atoms with E-state index in [1.165, 1.54) is 0 Å². The zero-order valence-corrected chi connectivity index (χ0v) is 12.7. The topological polar surface area (TPSA) is 64.6 Å². The smallest absolute Gasteiger partial charge is 0.407 e. The summed E-state index contributed by atoms with van der Waals surface area (Å²) in [6, 6.07) is -0.0972. The molecule has 0 atom stereocenters. The van der Waals surface area contributed by atoms with E-state index in [4.69, 9.17) is 16.3 Å².